The van der Waals surface area contributed by atoms with E-state index >= 15 is 0 Å². The molecule has 0 bridgehead atoms. The fourth-order valence-corrected chi connectivity index (χ4v) is 5.65. The van der Waals surface area contributed by atoms with Crippen LogP contribution in [0.25, 0.3) is 10.8 Å². The first-order chi connectivity index (χ1) is 18.0. The summed E-state index contributed by atoms with van der Waals surface area (Å²) >= 11 is 12.6. The van der Waals surface area contributed by atoms with Crippen molar-refractivity contribution in [3.05, 3.63) is 118 Å². The van der Waals surface area contributed by atoms with E-state index in [1.807, 2.05) is 54.6 Å². The molecule has 1 amide bonds. The number of nitrogens with zero attached hydrogens (tertiary/aromatic N) is 1. The molecule has 0 unspecified atom stereocenters. The fourth-order valence-electron chi connectivity index (χ4n) is 5.22. The molecule has 1 aliphatic heterocycles. The Hall–Kier alpha value is -2.89. The van der Waals surface area contributed by atoms with Crippen molar-refractivity contribution in [1.82, 2.24) is 15.5 Å². The molecule has 1 heterocycles. The molecule has 1 fully saturated rings. The third-order valence-electron chi connectivity index (χ3n) is 7.10. The van der Waals surface area contributed by atoms with Crippen molar-refractivity contribution in [2.45, 2.75) is 32.1 Å². The summed E-state index contributed by atoms with van der Waals surface area (Å²) in [5.41, 5.74) is 3.43. The van der Waals surface area contributed by atoms with Crippen LogP contribution in [-0.4, -0.2) is 29.9 Å². The van der Waals surface area contributed by atoms with Crippen LogP contribution in [0.5, 0.6) is 0 Å². The van der Waals surface area contributed by atoms with Gasteiger partial charge in [0.1, 0.15) is 0 Å². The average molecular weight is 533 g/mol. The summed E-state index contributed by atoms with van der Waals surface area (Å²) in [6.07, 6.45) is 0.787. The predicted molar refractivity (Wildman–Crippen MR) is 153 cm³/mol. The van der Waals surface area contributed by atoms with Gasteiger partial charge in [-0.1, -0.05) is 89.9 Å². The Balaban J connectivity index is 1.29. The van der Waals surface area contributed by atoms with E-state index in [2.05, 4.69) is 51.9 Å². The summed E-state index contributed by atoms with van der Waals surface area (Å²) in [6, 6.07) is 30.7. The molecule has 4 aromatic carbocycles. The highest BCUT2D eigenvalue weighted by atomic mass is 35.5. The molecule has 0 saturated carbocycles. The number of rotatable bonds is 8. The lowest BCUT2D eigenvalue weighted by Crippen LogP contribution is -2.51. The van der Waals surface area contributed by atoms with Gasteiger partial charge in [-0.25, -0.2) is 0 Å². The van der Waals surface area contributed by atoms with Gasteiger partial charge in [0.05, 0.1) is 5.92 Å². The third kappa shape index (κ3) is 6.71. The van der Waals surface area contributed by atoms with Gasteiger partial charge in [-0.3, -0.25) is 9.69 Å². The van der Waals surface area contributed by atoms with E-state index in [1.165, 1.54) is 10.8 Å². The number of nitrogens with one attached hydrogen (secondary N) is 2. The van der Waals surface area contributed by atoms with Gasteiger partial charge < -0.3 is 10.6 Å². The third-order valence-corrected chi connectivity index (χ3v) is 7.57. The van der Waals surface area contributed by atoms with Crippen LogP contribution in [0, 0.1) is 5.92 Å². The SMILES string of the molecule is O=C(NCc1cccc2ccccc12)[C@@H]1CNC[C@@H](N(Cc2cccc(Cl)c2)Cc2cccc(Cl)c2)C1. The normalized spacial score (nSPS) is 17.7. The summed E-state index contributed by atoms with van der Waals surface area (Å²) in [7, 11) is 0. The van der Waals surface area contributed by atoms with Crippen molar-refractivity contribution >= 4 is 39.9 Å². The first-order valence-corrected chi connectivity index (χ1v) is 13.5. The number of hydrogen-bond donors (Lipinski definition) is 2. The largest absolute Gasteiger partial charge is 0.352 e. The Morgan fingerprint density at radius 3 is 2.19 bits per heavy atom. The molecule has 4 aromatic rings. The minimum Gasteiger partial charge on any atom is -0.352 e. The molecule has 5 rings (SSSR count). The van der Waals surface area contributed by atoms with Crippen LogP contribution in [0.2, 0.25) is 10.0 Å². The molecule has 6 heteroatoms. The minimum absolute atomic E-state index is 0.0931. The highest BCUT2D eigenvalue weighted by Crippen LogP contribution is 2.24. The second kappa shape index (κ2) is 12.1. The van der Waals surface area contributed by atoms with Crippen LogP contribution in [0.1, 0.15) is 23.1 Å². The topological polar surface area (TPSA) is 44.4 Å². The number of carbonyl (C=O) groups is 1. The van der Waals surface area contributed by atoms with Crippen LogP contribution < -0.4 is 10.6 Å². The van der Waals surface area contributed by atoms with Crippen molar-refractivity contribution in [3.8, 4) is 0 Å². The maximum absolute atomic E-state index is 13.3. The summed E-state index contributed by atoms with van der Waals surface area (Å²) < 4.78 is 0. The number of piperidine rings is 1. The molecule has 37 heavy (non-hydrogen) atoms. The Labute approximate surface area is 228 Å². The van der Waals surface area contributed by atoms with Crippen LogP contribution in [-0.2, 0) is 24.4 Å². The number of hydrogen-bond acceptors (Lipinski definition) is 3. The Kier molecular flexibility index (Phi) is 8.42. The zero-order valence-corrected chi connectivity index (χ0v) is 22.2. The molecule has 0 spiro atoms. The van der Waals surface area contributed by atoms with Gasteiger partial charge in [0, 0.05) is 48.8 Å². The minimum atomic E-state index is -0.102. The highest BCUT2D eigenvalue weighted by molar-refractivity contribution is 6.30. The number of carbonyl (C=O) groups excluding carboxylic acids is 1. The lowest BCUT2D eigenvalue weighted by atomic mass is 9.93. The zero-order valence-electron chi connectivity index (χ0n) is 20.7. The standard InChI is InChI=1S/C31H31Cl2N3O/c32-27-11-3-6-22(14-27)20-36(21-23-7-4-12-28(33)15-23)29-16-26(17-34-19-29)31(37)35-18-25-10-5-9-24-8-1-2-13-30(24)25/h1-15,26,29,34H,16-21H2,(H,35,37)/t26-,29-/m0/s1. The summed E-state index contributed by atoms with van der Waals surface area (Å²) in [4.78, 5) is 15.7. The molecule has 1 aliphatic rings. The Bertz CT molecular complexity index is 1320. The zero-order chi connectivity index (χ0) is 25.6. The van der Waals surface area contributed by atoms with E-state index in [0.717, 1.165) is 52.8 Å². The first-order valence-electron chi connectivity index (χ1n) is 12.7. The van der Waals surface area contributed by atoms with Crippen LogP contribution in [0.4, 0.5) is 0 Å². The molecule has 0 radical (unpaired) electrons. The highest BCUT2D eigenvalue weighted by Gasteiger charge is 2.30. The van der Waals surface area contributed by atoms with Crippen LogP contribution in [0.3, 0.4) is 0 Å². The van der Waals surface area contributed by atoms with Crippen molar-refractivity contribution in [2.24, 2.45) is 5.92 Å². The number of benzene rings is 4. The molecule has 2 N–H and O–H groups in total. The van der Waals surface area contributed by atoms with Gasteiger partial charge in [0.2, 0.25) is 5.91 Å². The lowest BCUT2D eigenvalue weighted by molar-refractivity contribution is -0.126. The van der Waals surface area contributed by atoms with E-state index in [9.17, 15) is 4.79 Å². The summed E-state index contributed by atoms with van der Waals surface area (Å²) in [5, 5.41) is 10.5. The number of amides is 1. The quantitative estimate of drug-likeness (QED) is 0.275. The molecule has 4 nitrogen and oxygen atoms in total. The average Bonchev–Trinajstić information content (AvgIpc) is 2.91. The number of halogens is 2. The van der Waals surface area contributed by atoms with Gasteiger partial charge in [-0.05, 0) is 58.1 Å². The second-order valence-electron chi connectivity index (χ2n) is 9.77. The van der Waals surface area contributed by atoms with Crippen molar-refractivity contribution in [1.29, 1.82) is 0 Å². The van der Waals surface area contributed by atoms with Crippen molar-refractivity contribution in [3.63, 3.8) is 0 Å². The Morgan fingerprint density at radius 2 is 1.49 bits per heavy atom. The molecular formula is C31H31Cl2N3O. The predicted octanol–water partition coefficient (Wildman–Crippen LogP) is 6.44. The van der Waals surface area contributed by atoms with Gasteiger partial charge in [-0.2, -0.15) is 0 Å². The molecule has 0 aliphatic carbocycles. The van der Waals surface area contributed by atoms with Crippen molar-refractivity contribution < 1.29 is 4.79 Å². The molecule has 1 saturated heterocycles. The van der Waals surface area contributed by atoms with E-state index in [0.29, 0.717) is 13.1 Å². The van der Waals surface area contributed by atoms with Gasteiger partial charge >= 0.3 is 0 Å². The summed E-state index contributed by atoms with van der Waals surface area (Å²) in [5.74, 6) is -0.00876. The van der Waals surface area contributed by atoms with Gasteiger partial charge in [0.15, 0.2) is 0 Å². The van der Waals surface area contributed by atoms with E-state index in [1.54, 1.807) is 0 Å². The molecule has 190 valence electrons. The van der Waals surface area contributed by atoms with Gasteiger partial charge in [-0.15, -0.1) is 0 Å². The van der Waals surface area contributed by atoms with E-state index in [-0.39, 0.29) is 17.9 Å². The van der Waals surface area contributed by atoms with Crippen LogP contribution in [0.15, 0.2) is 91.0 Å². The fraction of sp³-hybridized carbons (Fsp3) is 0.258. The maximum atomic E-state index is 13.3. The van der Waals surface area contributed by atoms with Crippen LogP contribution >= 0.6 is 23.2 Å². The second-order valence-corrected chi connectivity index (χ2v) is 10.6. The summed E-state index contributed by atoms with van der Waals surface area (Å²) in [6.45, 7) is 3.51. The molecular weight excluding hydrogens is 501 g/mol. The first kappa shape index (κ1) is 25.7. The van der Waals surface area contributed by atoms with E-state index in [4.69, 9.17) is 23.2 Å². The number of fused-ring (bicyclic) bond motifs is 1. The maximum Gasteiger partial charge on any atom is 0.224 e. The Morgan fingerprint density at radius 1 is 0.838 bits per heavy atom. The smallest absolute Gasteiger partial charge is 0.224 e. The van der Waals surface area contributed by atoms with E-state index < -0.39 is 0 Å². The molecule has 0 aromatic heterocycles. The lowest BCUT2D eigenvalue weighted by Gasteiger charge is -2.38. The molecule has 2 atom stereocenters. The van der Waals surface area contributed by atoms with Gasteiger partial charge in [0.25, 0.3) is 0 Å². The monoisotopic (exact) mass is 531 g/mol. The van der Waals surface area contributed by atoms with Crippen molar-refractivity contribution in [2.75, 3.05) is 13.1 Å².